The summed E-state index contributed by atoms with van der Waals surface area (Å²) >= 11 is 2.13. The summed E-state index contributed by atoms with van der Waals surface area (Å²) < 4.78 is 0. The molecule has 0 radical (unpaired) electrons. The van der Waals surface area contributed by atoms with E-state index in [1.54, 1.807) is 0 Å². The van der Waals surface area contributed by atoms with Crippen LogP contribution in [-0.4, -0.2) is 24.1 Å². The summed E-state index contributed by atoms with van der Waals surface area (Å²) in [6, 6.07) is 0. The predicted molar refractivity (Wildman–Crippen MR) is 55.7 cm³/mol. The molecule has 1 nitrogen and oxygen atoms in total. The van der Waals surface area contributed by atoms with Crippen LogP contribution in [0.4, 0.5) is 0 Å². The lowest BCUT2D eigenvalue weighted by Gasteiger charge is -2.25. The van der Waals surface area contributed by atoms with Gasteiger partial charge in [-0.15, -0.1) is 0 Å². The Bertz CT molecular complexity index is 148. The summed E-state index contributed by atoms with van der Waals surface area (Å²) in [7, 11) is 2.13. The van der Waals surface area contributed by atoms with Crippen LogP contribution in [0.3, 0.4) is 0 Å². The van der Waals surface area contributed by atoms with Gasteiger partial charge in [0.05, 0.1) is 0 Å². The van der Waals surface area contributed by atoms with E-state index in [0.29, 0.717) is 5.54 Å². The molecule has 0 aromatic heterocycles. The third-order valence-electron chi connectivity index (χ3n) is 3.40. The van der Waals surface area contributed by atoms with Crippen molar-refractivity contribution in [3.63, 3.8) is 0 Å². The van der Waals surface area contributed by atoms with Crippen molar-refractivity contribution >= 4 is 11.8 Å². The van der Waals surface area contributed by atoms with Gasteiger partial charge < -0.3 is 5.32 Å². The molecule has 1 aliphatic heterocycles. The van der Waals surface area contributed by atoms with Crippen LogP contribution in [-0.2, 0) is 0 Å². The number of hydrogen-bond donors (Lipinski definition) is 1. The molecule has 0 aromatic rings. The van der Waals surface area contributed by atoms with Crippen molar-refractivity contribution in [2.24, 2.45) is 5.92 Å². The zero-order valence-corrected chi connectivity index (χ0v) is 8.75. The highest BCUT2D eigenvalue weighted by molar-refractivity contribution is 7.99. The van der Waals surface area contributed by atoms with Crippen LogP contribution in [0, 0.1) is 5.92 Å². The Kier molecular flexibility index (Phi) is 2.66. The van der Waals surface area contributed by atoms with E-state index in [1.807, 2.05) is 0 Å². The third kappa shape index (κ3) is 1.97. The molecule has 1 saturated carbocycles. The minimum absolute atomic E-state index is 0.590. The molecule has 1 aliphatic carbocycles. The fourth-order valence-electron chi connectivity index (χ4n) is 2.21. The van der Waals surface area contributed by atoms with Gasteiger partial charge in [0.1, 0.15) is 0 Å². The zero-order valence-electron chi connectivity index (χ0n) is 7.94. The van der Waals surface area contributed by atoms with Gasteiger partial charge in [0.2, 0.25) is 0 Å². The highest BCUT2D eigenvalue weighted by Crippen LogP contribution is 2.43. The van der Waals surface area contributed by atoms with Crippen LogP contribution in [0.5, 0.6) is 0 Å². The molecule has 1 N–H and O–H groups in total. The minimum atomic E-state index is 0.590. The van der Waals surface area contributed by atoms with Crippen LogP contribution in [0.25, 0.3) is 0 Å². The smallest absolute Gasteiger partial charge is 0.0182 e. The molecule has 0 unspecified atom stereocenters. The maximum Gasteiger partial charge on any atom is 0.0182 e. The van der Waals surface area contributed by atoms with Crippen LogP contribution < -0.4 is 5.32 Å². The van der Waals surface area contributed by atoms with E-state index in [4.69, 9.17) is 0 Å². The summed E-state index contributed by atoms with van der Waals surface area (Å²) in [5.41, 5.74) is 0.590. The number of thioether (sulfide) groups is 1. The first-order chi connectivity index (χ1) is 5.85. The van der Waals surface area contributed by atoms with Crippen LogP contribution in [0.2, 0.25) is 0 Å². The van der Waals surface area contributed by atoms with Gasteiger partial charge in [0, 0.05) is 5.54 Å². The average Bonchev–Trinajstić information content (AvgIpc) is 2.88. The summed E-state index contributed by atoms with van der Waals surface area (Å²) in [5, 5.41) is 3.49. The Labute approximate surface area is 79.7 Å². The van der Waals surface area contributed by atoms with Gasteiger partial charge >= 0.3 is 0 Å². The van der Waals surface area contributed by atoms with Gasteiger partial charge in [-0.3, -0.25) is 0 Å². The maximum atomic E-state index is 3.49. The Morgan fingerprint density at radius 2 is 2.00 bits per heavy atom. The first-order valence-electron chi connectivity index (χ1n) is 5.11. The van der Waals surface area contributed by atoms with Gasteiger partial charge in [-0.1, -0.05) is 0 Å². The Morgan fingerprint density at radius 3 is 2.50 bits per heavy atom. The molecule has 1 saturated heterocycles. The zero-order chi connectivity index (χ0) is 8.44. The third-order valence-corrected chi connectivity index (χ3v) is 4.45. The Balaban J connectivity index is 1.77. The van der Waals surface area contributed by atoms with Gasteiger partial charge in [-0.2, -0.15) is 11.8 Å². The molecule has 12 heavy (non-hydrogen) atoms. The van der Waals surface area contributed by atoms with Gasteiger partial charge in [0.15, 0.2) is 0 Å². The van der Waals surface area contributed by atoms with E-state index in [0.717, 1.165) is 5.92 Å². The molecule has 1 heterocycles. The van der Waals surface area contributed by atoms with Crippen LogP contribution >= 0.6 is 11.8 Å². The van der Waals surface area contributed by atoms with Crippen molar-refractivity contribution in [3.05, 3.63) is 0 Å². The van der Waals surface area contributed by atoms with Gasteiger partial charge in [-0.25, -0.2) is 0 Å². The average molecular weight is 185 g/mol. The molecular formula is C10H19NS. The number of hydrogen-bond acceptors (Lipinski definition) is 2. The molecule has 2 aliphatic rings. The Morgan fingerprint density at radius 1 is 1.33 bits per heavy atom. The minimum Gasteiger partial charge on any atom is -0.314 e. The summed E-state index contributed by atoms with van der Waals surface area (Å²) in [4.78, 5) is 0. The molecule has 2 heteroatoms. The summed E-state index contributed by atoms with van der Waals surface area (Å²) in [6.07, 6.45) is 7.23. The number of nitrogens with one attached hydrogen (secondary N) is 1. The molecule has 2 rings (SSSR count). The molecule has 0 spiro atoms. The predicted octanol–water partition coefficient (Wildman–Crippen LogP) is 2.27. The lowest BCUT2D eigenvalue weighted by atomic mass is 9.93. The van der Waals surface area contributed by atoms with Crippen molar-refractivity contribution in [1.82, 2.24) is 5.32 Å². The molecular weight excluding hydrogens is 166 g/mol. The van der Waals surface area contributed by atoms with E-state index in [2.05, 4.69) is 24.1 Å². The van der Waals surface area contributed by atoms with Gasteiger partial charge in [-0.05, 0) is 56.6 Å². The first kappa shape index (κ1) is 8.89. The normalized spacial score (nSPS) is 28.8. The highest BCUT2D eigenvalue weighted by Gasteiger charge is 2.42. The maximum absolute atomic E-state index is 3.49. The lowest BCUT2D eigenvalue weighted by Crippen LogP contribution is -2.30. The fourth-order valence-corrected chi connectivity index (χ4v) is 3.41. The van der Waals surface area contributed by atoms with Crippen molar-refractivity contribution in [3.8, 4) is 0 Å². The van der Waals surface area contributed by atoms with E-state index in [1.165, 1.54) is 43.6 Å². The van der Waals surface area contributed by atoms with E-state index in [9.17, 15) is 0 Å². The highest BCUT2D eigenvalue weighted by atomic mass is 32.2. The topological polar surface area (TPSA) is 12.0 Å². The van der Waals surface area contributed by atoms with Gasteiger partial charge in [0.25, 0.3) is 0 Å². The number of rotatable bonds is 3. The van der Waals surface area contributed by atoms with E-state index in [-0.39, 0.29) is 0 Å². The van der Waals surface area contributed by atoms with Crippen LogP contribution in [0.1, 0.15) is 32.1 Å². The summed E-state index contributed by atoms with van der Waals surface area (Å²) in [6.45, 7) is 0. The lowest BCUT2D eigenvalue weighted by molar-refractivity contribution is 0.365. The SMILES string of the molecule is CNC1(CC2CCSCC2)CC1. The first-order valence-corrected chi connectivity index (χ1v) is 6.27. The van der Waals surface area contributed by atoms with Crippen molar-refractivity contribution in [2.75, 3.05) is 18.6 Å². The van der Waals surface area contributed by atoms with E-state index >= 15 is 0 Å². The summed E-state index contributed by atoms with van der Waals surface area (Å²) in [5.74, 6) is 3.84. The molecule has 2 fully saturated rings. The molecule has 0 aromatic carbocycles. The van der Waals surface area contributed by atoms with Crippen molar-refractivity contribution in [2.45, 2.75) is 37.6 Å². The van der Waals surface area contributed by atoms with Crippen LogP contribution in [0.15, 0.2) is 0 Å². The quantitative estimate of drug-likeness (QED) is 0.724. The fraction of sp³-hybridized carbons (Fsp3) is 1.00. The largest absolute Gasteiger partial charge is 0.314 e. The second kappa shape index (κ2) is 3.59. The second-order valence-corrected chi connectivity index (χ2v) is 5.51. The molecule has 0 amide bonds. The standard InChI is InChI=1S/C10H19NS/c1-11-10(4-5-10)8-9-2-6-12-7-3-9/h9,11H,2-8H2,1H3. The molecule has 70 valence electrons. The second-order valence-electron chi connectivity index (χ2n) is 4.29. The van der Waals surface area contributed by atoms with Crippen molar-refractivity contribution < 1.29 is 0 Å². The monoisotopic (exact) mass is 185 g/mol. The molecule has 0 atom stereocenters. The molecule has 0 bridgehead atoms. The van der Waals surface area contributed by atoms with Crippen molar-refractivity contribution in [1.29, 1.82) is 0 Å². The van der Waals surface area contributed by atoms with E-state index < -0.39 is 0 Å². The Hall–Kier alpha value is 0.310.